The van der Waals surface area contributed by atoms with Crippen LogP contribution in [0.4, 0.5) is 5.69 Å². The molecule has 1 amide bonds. The van der Waals surface area contributed by atoms with Crippen LogP contribution in [-0.2, 0) is 0 Å². The van der Waals surface area contributed by atoms with E-state index in [-0.39, 0.29) is 21.7 Å². The van der Waals surface area contributed by atoms with Gasteiger partial charge in [-0.25, -0.2) is 9.67 Å². The number of carbonyl (C=O) groups is 1. The monoisotopic (exact) mass is 412 g/mol. The van der Waals surface area contributed by atoms with E-state index >= 15 is 0 Å². The topological polar surface area (TPSA) is 80.0 Å². The fraction of sp³-hybridized carbons (Fsp3) is 0.0500. The van der Waals surface area contributed by atoms with Gasteiger partial charge < -0.3 is 10.4 Å². The van der Waals surface area contributed by atoms with Crippen LogP contribution >= 0.6 is 23.2 Å². The third kappa shape index (κ3) is 3.28. The number of pyridine rings is 1. The van der Waals surface area contributed by atoms with E-state index in [1.165, 1.54) is 18.3 Å². The number of benzene rings is 2. The molecule has 0 fully saturated rings. The molecule has 6 nitrogen and oxygen atoms in total. The van der Waals surface area contributed by atoms with Crippen molar-refractivity contribution in [2.24, 2.45) is 0 Å². The summed E-state index contributed by atoms with van der Waals surface area (Å²) >= 11 is 11.8. The van der Waals surface area contributed by atoms with Crippen molar-refractivity contribution in [3.63, 3.8) is 0 Å². The summed E-state index contributed by atoms with van der Waals surface area (Å²) in [5.74, 6) is 0.0149. The fourth-order valence-electron chi connectivity index (χ4n) is 2.87. The second kappa shape index (κ2) is 7.14. The number of rotatable bonds is 3. The predicted molar refractivity (Wildman–Crippen MR) is 110 cm³/mol. The zero-order chi connectivity index (χ0) is 19.8. The first-order chi connectivity index (χ1) is 13.4. The lowest BCUT2D eigenvalue weighted by molar-refractivity contribution is 0.102. The van der Waals surface area contributed by atoms with Crippen LogP contribution in [0, 0.1) is 6.92 Å². The maximum Gasteiger partial charge on any atom is 0.259 e. The number of carbonyl (C=O) groups excluding carboxylic acids is 1. The number of nitrogens with one attached hydrogen (secondary N) is 1. The first-order valence-electron chi connectivity index (χ1n) is 8.34. The Bertz CT molecular complexity index is 1200. The molecule has 4 rings (SSSR count). The van der Waals surface area contributed by atoms with Crippen molar-refractivity contribution >= 4 is 45.7 Å². The van der Waals surface area contributed by atoms with Gasteiger partial charge in [0.15, 0.2) is 11.6 Å². The second-order valence-corrected chi connectivity index (χ2v) is 6.97. The number of halogens is 2. The van der Waals surface area contributed by atoms with Gasteiger partial charge in [0, 0.05) is 11.1 Å². The summed E-state index contributed by atoms with van der Waals surface area (Å²) in [5.41, 5.74) is 2.23. The summed E-state index contributed by atoms with van der Waals surface area (Å²) in [6, 6.07) is 14.4. The van der Waals surface area contributed by atoms with Crippen LogP contribution in [0.15, 0.2) is 54.7 Å². The molecule has 0 aliphatic rings. The number of phenols is 1. The first kappa shape index (κ1) is 18.3. The molecule has 0 radical (unpaired) electrons. The molecule has 2 aromatic heterocycles. The third-order valence-corrected chi connectivity index (χ3v) is 4.91. The largest absolute Gasteiger partial charge is 0.505 e. The van der Waals surface area contributed by atoms with Crippen LogP contribution < -0.4 is 5.32 Å². The SMILES string of the molecule is Cc1c(C(=O)Nc2cc(Cl)c(O)c(Cl)c2)cnn1-c1ccc2ccccc2n1. The molecule has 2 aromatic carbocycles. The van der Waals surface area contributed by atoms with Crippen molar-refractivity contribution in [1.29, 1.82) is 0 Å². The predicted octanol–water partition coefficient (Wildman–Crippen LogP) is 4.99. The molecule has 28 heavy (non-hydrogen) atoms. The van der Waals surface area contributed by atoms with E-state index in [2.05, 4.69) is 15.4 Å². The zero-order valence-electron chi connectivity index (χ0n) is 14.6. The van der Waals surface area contributed by atoms with Gasteiger partial charge in [0.05, 0.1) is 33.0 Å². The van der Waals surface area contributed by atoms with Crippen LogP contribution in [0.3, 0.4) is 0 Å². The summed E-state index contributed by atoms with van der Waals surface area (Å²) < 4.78 is 1.61. The van der Waals surface area contributed by atoms with E-state index in [1.807, 2.05) is 36.4 Å². The van der Waals surface area contributed by atoms with E-state index in [9.17, 15) is 9.90 Å². The minimum Gasteiger partial charge on any atom is -0.505 e. The highest BCUT2D eigenvalue weighted by atomic mass is 35.5. The van der Waals surface area contributed by atoms with E-state index in [1.54, 1.807) is 11.6 Å². The lowest BCUT2D eigenvalue weighted by atomic mass is 10.2. The van der Waals surface area contributed by atoms with Crippen LogP contribution in [0.2, 0.25) is 10.0 Å². The second-order valence-electron chi connectivity index (χ2n) is 6.16. The maximum atomic E-state index is 12.7. The summed E-state index contributed by atoms with van der Waals surface area (Å²) in [6.45, 7) is 1.79. The number of aromatic nitrogens is 3. The molecule has 2 heterocycles. The van der Waals surface area contributed by atoms with Crippen molar-refractivity contribution in [2.75, 3.05) is 5.32 Å². The van der Waals surface area contributed by atoms with Crippen LogP contribution in [0.5, 0.6) is 5.75 Å². The number of amides is 1. The minimum atomic E-state index is -0.373. The van der Waals surface area contributed by atoms with Gasteiger partial charge in [-0.1, -0.05) is 41.4 Å². The van der Waals surface area contributed by atoms with E-state index in [4.69, 9.17) is 23.2 Å². The van der Waals surface area contributed by atoms with Crippen LogP contribution in [-0.4, -0.2) is 25.8 Å². The molecule has 140 valence electrons. The maximum absolute atomic E-state index is 12.7. The quantitative estimate of drug-likeness (QED) is 0.464. The van der Waals surface area contributed by atoms with Crippen molar-refractivity contribution < 1.29 is 9.90 Å². The normalized spacial score (nSPS) is 11.0. The standard InChI is InChI=1S/C20H14Cl2N4O2/c1-11-14(20(28)24-13-8-15(21)19(27)16(22)9-13)10-23-26(11)18-7-6-12-4-2-3-5-17(12)25-18/h2-10,27H,1H3,(H,24,28). The summed E-state index contributed by atoms with van der Waals surface area (Å²) in [5, 5.41) is 17.8. The van der Waals surface area contributed by atoms with E-state index in [0.29, 0.717) is 22.8 Å². The highest BCUT2D eigenvalue weighted by Gasteiger charge is 2.17. The number of hydrogen-bond acceptors (Lipinski definition) is 4. The van der Waals surface area contributed by atoms with Crippen molar-refractivity contribution in [2.45, 2.75) is 6.92 Å². The van der Waals surface area contributed by atoms with Gasteiger partial charge in [0.2, 0.25) is 0 Å². The Morgan fingerprint density at radius 2 is 1.82 bits per heavy atom. The van der Waals surface area contributed by atoms with Gasteiger partial charge in [-0.15, -0.1) is 0 Å². The van der Waals surface area contributed by atoms with Gasteiger partial charge in [-0.2, -0.15) is 5.10 Å². The first-order valence-corrected chi connectivity index (χ1v) is 9.10. The van der Waals surface area contributed by atoms with Gasteiger partial charge in [0.1, 0.15) is 0 Å². The summed E-state index contributed by atoms with van der Waals surface area (Å²) in [6.07, 6.45) is 1.48. The highest BCUT2D eigenvalue weighted by molar-refractivity contribution is 6.37. The minimum absolute atomic E-state index is 0.0515. The number of hydrogen-bond donors (Lipinski definition) is 2. The molecule has 0 atom stereocenters. The Morgan fingerprint density at radius 3 is 2.57 bits per heavy atom. The molecule has 0 saturated carbocycles. The molecular formula is C20H14Cl2N4O2. The Hall–Kier alpha value is -3.09. The lowest BCUT2D eigenvalue weighted by Gasteiger charge is -2.08. The fourth-order valence-corrected chi connectivity index (χ4v) is 3.36. The van der Waals surface area contributed by atoms with Crippen molar-refractivity contribution in [3.8, 4) is 11.6 Å². The average molecular weight is 413 g/mol. The molecule has 0 bridgehead atoms. The third-order valence-electron chi connectivity index (χ3n) is 4.33. The Morgan fingerprint density at radius 1 is 1.11 bits per heavy atom. The summed E-state index contributed by atoms with van der Waals surface area (Å²) in [4.78, 5) is 17.3. The van der Waals surface area contributed by atoms with Gasteiger partial charge in [-0.3, -0.25) is 4.79 Å². The Labute approximate surface area is 170 Å². The van der Waals surface area contributed by atoms with Gasteiger partial charge in [-0.05, 0) is 37.3 Å². The average Bonchev–Trinajstić information content (AvgIpc) is 3.07. The Kier molecular flexibility index (Phi) is 4.66. The molecule has 0 aliphatic carbocycles. The van der Waals surface area contributed by atoms with E-state index < -0.39 is 0 Å². The zero-order valence-corrected chi connectivity index (χ0v) is 16.2. The number of nitrogens with zero attached hydrogens (tertiary/aromatic N) is 3. The van der Waals surface area contributed by atoms with E-state index in [0.717, 1.165) is 10.9 Å². The molecule has 8 heteroatoms. The smallest absolute Gasteiger partial charge is 0.259 e. The van der Waals surface area contributed by atoms with Crippen LogP contribution in [0.1, 0.15) is 16.1 Å². The Balaban J connectivity index is 1.65. The molecule has 0 spiro atoms. The lowest BCUT2D eigenvalue weighted by Crippen LogP contribution is -2.13. The molecule has 0 aliphatic heterocycles. The molecule has 0 saturated heterocycles. The number of anilines is 1. The molecule has 4 aromatic rings. The number of aromatic hydroxyl groups is 1. The number of phenolic OH excluding ortho intramolecular Hbond substituents is 1. The summed E-state index contributed by atoms with van der Waals surface area (Å²) in [7, 11) is 0. The molecular weight excluding hydrogens is 399 g/mol. The van der Waals surface area contributed by atoms with Crippen molar-refractivity contribution in [3.05, 3.63) is 76.0 Å². The molecule has 2 N–H and O–H groups in total. The number of fused-ring (bicyclic) bond motifs is 1. The van der Waals surface area contributed by atoms with Crippen LogP contribution in [0.25, 0.3) is 16.7 Å². The molecule has 0 unspecified atom stereocenters. The van der Waals surface area contributed by atoms with Gasteiger partial charge in [0.25, 0.3) is 5.91 Å². The van der Waals surface area contributed by atoms with Gasteiger partial charge >= 0.3 is 0 Å². The number of para-hydroxylation sites is 1. The highest BCUT2D eigenvalue weighted by Crippen LogP contribution is 2.34. The van der Waals surface area contributed by atoms with Crippen molar-refractivity contribution in [1.82, 2.24) is 14.8 Å².